The first-order chi connectivity index (χ1) is 13.6. The third kappa shape index (κ3) is 7.18. The molecular formula is C24H30O4. The molecule has 0 atom stereocenters. The minimum absolute atomic E-state index is 0.152. The maximum Gasteiger partial charge on any atom is 0.306 e. The van der Waals surface area contributed by atoms with Gasteiger partial charge in [0.1, 0.15) is 13.2 Å². The fourth-order valence-electron chi connectivity index (χ4n) is 2.82. The minimum atomic E-state index is -0.156. The van der Waals surface area contributed by atoms with E-state index in [1.165, 1.54) is 0 Å². The van der Waals surface area contributed by atoms with Crippen LogP contribution in [0.4, 0.5) is 0 Å². The lowest BCUT2D eigenvalue weighted by atomic mass is 9.99. The fraction of sp³-hybridized carbons (Fsp3) is 0.417. The molecule has 0 spiro atoms. The second-order valence-electron chi connectivity index (χ2n) is 6.88. The highest BCUT2D eigenvalue weighted by Crippen LogP contribution is 2.25. The van der Waals surface area contributed by atoms with E-state index in [9.17, 15) is 9.59 Å². The Morgan fingerprint density at radius 2 is 1.32 bits per heavy atom. The summed E-state index contributed by atoms with van der Waals surface area (Å²) in [6.45, 7) is 4.67. The van der Waals surface area contributed by atoms with Crippen molar-refractivity contribution in [3.8, 4) is 11.1 Å². The molecule has 0 bridgehead atoms. The molecule has 0 aliphatic rings. The average molecular weight is 383 g/mol. The zero-order chi connectivity index (χ0) is 20.2. The summed E-state index contributed by atoms with van der Waals surface area (Å²) in [6.07, 6.45) is 4.61. The zero-order valence-corrected chi connectivity index (χ0v) is 16.9. The summed E-state index contributed by atoms with van der Waals surface area (Å²) in [6, 6.07) is 15.9. The van der Waals surface area contributed by atoms with E-state index in [0.29, 0.717) is 19.4 Å². The SMILES string of the molecule is CCCCC(=O)OCc1ccc(-c2ccccc2COC(=O)CCCC)cc1. The molecule has 0 amide bonds. The van der Waals surface area contributed by atoms with Crippen molar-refractivity contribution in [2.75, 3.05) is 0 Å². The molecule has 150 valence electrons. The van der Waals surface area contributed by atoms with Gasteiger partial charge in [0.05, 0.1) is 0 Å². The van der Waals surface area contributed by atoms with Crippen molar-refractivity contribution < 1.29 is 19.1 Å². The van der Waals surface area contributed by atoms with Crippen LogP contribution in [0.2, 0.25) is 0 Å². The number of ether oxygens (including phenoxy) is 2. The Kier molecular flexibility index (Phi) is 9.26. The van der Waals surface area contributed by atoms with Gasteiger partial charge in [-0.05, 0) is 35.1 Å². The number of benzene rings is 2. The van der Waals surface area contributed by atoms with Crippen LogP contribution in [0.15, 0.2) is 48.5 Å². The number of unbranched alkanes of at least 4 members (excludes halogenated alkanes) is 2. The number of carbonyl (C=O) groups is 2. The van der Waals surface area contributed by atoms with Gasteiger partial charge in [0.2, 0.25) is 0 Å². The second-order valence-corrected chi connectivity index (χ2v) is 6.88. The van der Waals surface area contributed by atoms with Crippen molar-refractivity contribution in [1.29, 1.82) is 0 Å². The molecule has 0 heterocycles. The molecule has 4 heteroatoms. The third-order valence-corrected chi connectivity index (χ3v) is 4.54. The smallest absolute Gasteiger partial charge is 0.306 e. The molecular weight excluding hydrogens is 352 g/mol. The van der Waals surface area contributed by atoms with E-state index in [1.54, 1.807) is 0 Å². The fourth-order valence-corrected chi connectivity index (χ4v) is 2.82. The maximum absolute atomic E-state index is 11.8. The summed E-state index contributed by atoms with van der Waals surface area (Å²) in [5, 5.41) is 0. The number of esters is 2. The van der Waals surface area contributed by atoms with Gasteiger partial charge in [-0.25, -0.2) is 0 Å². The molecule has 2 aromatic carbocycles. The van der Waals surface area contributed by atoms with Gasteiger partial charge in [0, 0.05) is 12.8 Å². The molecule has 0 aromatic heterocycles. The third-order valence-electron chi connectivity index (χ3n) is 4.54. The molecule has 0 saturated heterocycles. The Bertz CT molecular complexity index is 749. The van der Waals surface area contributed by atoms with Crippen molar-refractivity contribution in [2.45, 2.75) is 65.6 Å². The minimum Gasteiger partial charge on any atom is -0.461 e. The van der Waals surface area contributed by atoms with Crippen LogP contribution in [0.1, 0.15) is 63.5 Å². The predicted molar refractivity (Wildman–Crippen MR) is 111 cm³/mol. The van der Waals surface area contributed by atoms with E-state index in [2.05, 4.69) is 13.8 Å². The number of rotatable bonds is 11. The van der Waals surface area contributed by atoms with E-state index in [-0.39, 0.29) is 18.5 Å². The Labute approximate surface area is 167 Å². The van der Waals surface area contributed by atoms with E-state index < -0.39 is 0 Å². The molecule has 0 radical (unpaired) electrons. The van der Waals surface area contributed by atoms with E-state index >= 15 is 0 Å². The quantitative estimate of drug-likeness (QED) is 0.460. The monoisotopic (exact) mass is 382 g/mol. The average Bonchev–Trinajstić information content (AvgIpc) is 2.74. The molecule has 4 nitrogen and oxygen atoms in total. The van der Waals surface area contributed by atoms with Crippen molar-refractivity contribution in [3.63, 3.8) is 0 Å². The van der Waals surface area contributed by atoms with Crippen LogP contribution in [0.3, 0.4) is 0 Å². The Morgan fingerprint density at radius 1 is 0.750 bits per heavy atom. The molecule has 0 aliphatic heterocycles. The summed E-state index contributed by atoms with van der Waals surface area (Å²) in [4.78, 5) is 23.4. The van der Waals surface area contributed by atoms with Crippen LogP contribution in [-0.4, -0.2) is 11.9 Å². The normalized spacial score (nSPS) is 10.5. The highest BCUT2D eigenvalue weighted by Gasteiger charge is 2.09. The topological polar surface area (TPSA) is 52.6 Å². The zero-order valence-electron chi connectivity index (χ0n) is 16.9. The van der Waals surface area contributed by atoms with Crippen LogP contribution in [0, 0.1) is 0 Å². The van der Waals surface area contributed by atoms with E-state index in [4.69, 9.17) is 9.47 Å². The first-order valence-electron chi connectivity index (χ1n) is 10.1. The maximum atomic E-state index is 11.8. The molecule has 2 aromatic rings. The lowest BCUT2D eigenvalue weighted by molar-refractivity contribution is -0.146. The lowest BCUT2D eigenvalue weighted by Crippen LogP contribution is -2.05. The van der Waals surface area contributed by atoms with Gasteiger partial charge in [-0.1, -0.05) is 75.2 Å². The largest absolute Gasteiger partial charge is 0.461 e. The molecule has 0 aliphatic carbocycles. The number of hydrogen-bond acceptors (Lipinski definition) is 4. The van der Waals surface area contributed by atoms with Crippen LogP contribution in [0.25, 0.3) is 11.1 Å². The molecule has 0 N–H and O–H groups in total. The highest BCUT2D eigenvalue weighted by molar-refractivity contribution is 5.71. The van der Waals surface area contributed by atoms with E-state index in [0.717, 1.165) is 47.9 Å². The van der Waals surface area contributed by atoms with Crippen LogP contribution < -0.4 is 0 Å². The molecule has 0 unspecified atom stereocenters. The van der Waals surface area contributed by atoms with E-state index in [1.807, 2.05) is 48.5 Å². The van der Waals surface area contributed by atoms with Gasteiger partial charge in [-0.15, -0.1) is 0 Å². The summed E-state index contributed by atoms with van der Waals surface area (Å²) in [5.41, 5.74) is 4.02. The molecule has 28 heavy (non-hydrogen) atoms. The lowest BCUT2D eigenvalue weighted by Gasteiger charge is -2.11. The van der Waals surface area contributed by atoms with Crippen molar-refractivity contribution >= 4 is 11.9 Å². The van der Waals surface area contributed by atoms with Gasteiger partial charge in [0.25, 0.3) is 0 Å². The van der Waals surface area contributed by atoms with Gasteiger partial charge >= 0.3 is 11.9 Å². The first kappa shape index (κ1) is 21.7. The van der Waals surface area contributed by atoms with Gasteiger partial charge in [-0.2, -0.15) is 0 Å². The molecule has 0 saturated carbocycles. The Balaban J connectivity index is 1.97. The standard InChI is InChI=1S/C24H30O4/c1-3-5-11-23(25)27-17-19-13-15-20(16-14-19)22-10-8-7-9-21(22)18-28-24(26)12-6-4-2/h7-10,13-16H,3-6,11-12,17-18H2,1-2H3. The van der Waals surface area contributed by atoms with Gasteiger partial charge in [-0.3, -0.25) is 9.59 Å². The molecule has 2 rings (SSSR count). The van der Waals surface area contributed by atoms with Gasteiger partial charge in [0.15, 0.2) is 0 Å². The van der Waals surface area contributed by atoms with Crippen molar-refractivity contribution in [1.82, 2.24) is 0 Å². The number of hydrogen-bond donors (Lipinski definition) is 0. The predicted octanol–water partition coefficient (Wildman–Crippen LogP) is 5.82. The first-order valence-corrected chi connectivity index (χ1v) is 10.1. The summed E-state index contributed by atoms with van der Waals surface area (Å²) >= 11 is 0. The van der Waals surface area contributed by atoms with Crippen molar-refractivity contribution in [3.05, 3.63) is 59.7 Å². The van der Waals surface area contributed by atoms with Gasteiger partial charge < -0.3 is 9.47 Å². The Hall–Kier alpha value is -2.62. The summed E-state index contributed by atoms with van der Waals surface area (Å²) in [5.74, 6) is -0.307. The van der Waals surface area contributed by atoms with Crippen LogP contribution >= 0.6 is 0 Å². The summed E-state index contributed by atoms with van der Waals surface area (Å²) in [7, 11) is 0. The van der Waals surface area contributed by atoms with Crippen molar-refractivity contribution in [2.24, 2.45) is 0 Å². The Morgan fingerprint density at radius 3 is 1.93 bits per heavy atom. The van der Waals surface area contributed by atoms with Crippen LogP contribution in [0.5, 0.6) is 0 Å². The highest BCUT2D eigenvalue weighted by atomic mass is 16.5. The van der Waals surface area contributed by atoms with Crippen LogP contribution in [-0.2, 0) is 32.3 Å². The number of carbonyl (C=O) groups excluding carboxylic acids is 2. The molecule has 0 fully saturated rings. The second kappa shape index (κ2) is 12.0. The summed E-state index contributed by atoms with van der Waals surface area (Å²) < 4.78 is 10.7.